The first-order chi connectivity index (χ1) is 14.5. The molecule has 2 amide bonds. The molecule has 1 N–H and O–H groups in total. The molecule has 3 aromatic rings. The number of halogens is 2. The molecule has 3 heterocycles. The second-order valence-electron chi connectivity index (χ2n) is 6.48. The van der Waals surface area contributed by atoms with E-state index >= 15 is 0 Å². The third kappa shape index (κ3) is 4.10. The van der Waals surface area contributed by atoms with Gasteiger partial charge in [0, 0.05) is 32.4 Å². The van der Waals surface area contributed by atoms with Crippen LogP contribution in [-0.4, -0.2) is 58.1 Å². The second kappa shape index (κ2) is 8.49. The summed E-state index contributed by atoms with van der Waals surface area (Å²) in [5.41, 5.74) is 1.36. The lowest BCUT2D eigenvalue weighted by molar-refractivity contribution is 0.0736. The van der Waals surface area contributed by atoms with Crippen molar-refractivity contribution in [1.29, 1.82) is 0 Å². The van der Waals surface area contributed by atoms with E-state index in [-0.39, 0.29) is 5.91 Å². The van der Waals surface area contributed by atoms with Gasteiger partial charge in [-0.15, -0.1) is 10.2 Å². The number of amides is 2. The van der Waals surface area contributed by atoms with E-state index in [0.717, 1.165) is 12.1 Å². The average molecular weight is 430 g/mol. The Hall–Kier alpha value is -3.47. The molecule has 1 aromatic carbocycles. The van der Waals surface area contributed by atoms with Crippen LogP contribution in [0.1, 0.15) is 20.7 Å². The highest BCUT2D eigenvalue weighted by Crippen LogP contribution is 2.19. The Labute approximate surface area is 174 Å². The number of hydrogen-bond donors (Lipinski definition) is 1. The SMILES string of the molecule is O=C(Nc1nncs1)c1ccc(N2CCN(C(=O)c3c(F)cccc3F)CC2)nc1. The number of hydrogen-bond acceptors (Lipinski definition) is 7. The highest BCUT2D eigenvalue weighted by Gasteiger charge is 2.27. The molecule has 4 rings (SSSR count). The number of pyridine rings is 1. The van der Waals surface area contributed by atoms with E-state index in [1.807, 2.05) is 4.90 Å². The van der Waals surface area contributed by atoms with Crippen LogP contribution in [0.3, 0.4) is 0 Å². The zero-order valence-corrected chi connectivity index (χ0v) is 16.4. The van der Waals surface area contributed by atoms with Crippen LogP contribution in [0, 0.1) is 11.6 Å². The maximum Gasteiger partial charge on any atom is 0.259 e. The summed E-state index contributed by atoms with van der Waals surface area (Å²) in [6, 6.07) is 6.72. The van der Waals surface area contributed by atoms with Gasteiger partial charge >= 0.3 is 0 Å². The minimum atomic E-state index is -0.869. The summed E-state index contributed by atoms with van der Waals surface area (Å²) in [6.45, 7) is 1.50. The summed E-state index contributed by atoms with van der Waals surface area (Å²) < 4.78 is 27.7. The molecular formula is C19H16F2N6O2S. The summed E-state index contributed by atoms with van der Waals surface area (Å²) in [4.78, 5) is 32.3. The zero-order chi connectivity index (χ0) is 21.1. The molecule has 1 fully saturated rings. The van der Waals surface area contributed by atoms with Crippen LogP contribution in [0.15, 0.2) is 42.0 Å². The van der Waals surface area contributed by atoms with E-state index in [2.05, 4.69) is 20.5 Å². The quantitative estimate of drug-likeness (QED) is 0.684. The Morgan fingerprint density at radius 1 is 1.03 bits per heavy atom. The van der Waals surface area contributed by atoms with Crippen molar-refractivity contribution < 1.29 is 18.4 Å². The maximum absolute atomic E-state index is 13.9. The number of carbonyl (C=O) groups is 2. The van der Waals surface area contributed by atoms with Crippen molar-refractivity contribution >= 4 is 34.1 Å². The summed E-state index contributed by atoms with van der Waals surface area (Å²) in [5.74, 6) is -2.10. The Morgan fingerprint density at radius 2 is 1.77 bits per heavy atom. The molecule has 0 atom stereocenters. The molecule has 30 heavy (non-hydrogen) atoms. The first-order valence-corrected chi connectivity index (χ1v) is 9.92. The second-order valence-corrected chi connectivity index (χ2v) is 7.31. The fourth-order valence-electron chi connectivity index (χ4n) is 3.10. The van der Waals surface area contributed by atoms with Crippen LogP contribution < -0.4 is 10.2 Å². The number of piperazine rings is 1. The zero-order valence-electron chi connectivity index (χ0n) is 15.6. The van der Waals surface area contributed by atoms with Crippen LogP contribution in [0.25, 0.3) is 0 Å². The van der Waals surface area contributed by atoms with E-state index in [9.17, 15) is 18.4 Å². The Kier molecular flexibility index (Phi) is 5.61. The number of carbonyl (C=O) groups excluding carboxylic acids is 2. The summed E-state index contributed by atoms with van der Waals surface area (Å²) in [7, 11) is 0. The smallest absolute Gasteiger partial charge is 0.259 e. The molecule has 1 aliphatic rings. The van der Waals surface area contributed by atoms with Crippen molar-refractivity contribution in [2.75, 3.05) is 36.4 Å². The van der Waals surface area contributed by atoms with Crippen LogP contribution in [0.4, 0.5) is 19.7 Å². The lowest BCUT2D eigenvalue weighted by atomic mass is 10.1. The Balaban J connectivity index is 1.37. The van der Waals surface area contributed by atoms with E-state index in [4.69, 9.17) is 0 Å². The maximum atomic E-state index is 13.9. The van der Waals surface area contributed by atoms with Gasteiger partial charge in [-0.25, -0.2) is 13.8 Å². The largest absolute Gasteiger partial charge is 0.353 e. The van der Waals surface area contributed by atoms with E-state index in [1.54, 1.807) is 12.1 Å². The van der Waals surface area contributed by atoms with Crippen molar-refractivity contribution in [2.24, 2.45) is 0 Å². The number of benzene rings is 1. The molecule has 0 unspecified atom stereocenters. The first-order valence-electron chi connectivity index (χ1n) is 9.05. The van der Waals surface area contributed by atoms with Gasteiger partial charge < -0.3 is 9.80 Å². The molecule has 0 saturated carbocycles. The molecule has 1 aliphatic heterocycles. The minimum absolute atomic E-state index is 0.299. The van der Waals surface area contributed by atoms with Gasteiger partial charge in [0.25, 0.3) is 11.8 Å². The van der Waals surface area contributed by atoms with Gasteiger partial charge in [0.15, 0.2) is 0 Å². The summed E-state index contributed by atoms with van der Waals surface area (Å²) >= 11 is 1.21. The highest BCUT2D eigenvalue weighted by molar-refractivity contribution is 7.13. The highest BCUT2D eigenvalue weighted by atomic mass is 32.1. The third-order valence-corrected chi connectivity index (χ3v) is 5.26. The van der Waals surface area contributed by atoms with Gasteiger partial charge in [-0.2, -0.15) is 0 Å². The van der Waals surface area contributed by atoms with Crippen molar-refractivity contribution in [3.8, 4) is 0 Å². The summed E-state index contributed by atoms with van der Waals surface area (Å²) in [5, 5.41) is 10.4. The van der Waals surface area contributed by atoms with E-state index in [0.29, 0.717) is 42.7 Å². The lowest BCUT2D eigenvalue weighted by Crippen LogP contribution is -2.49. The lowest BCUT2D eigenvalue weighted by Gasteiger charge is -2.35. The number of nitrogens with zero attached hydrogens (tertiary/aromatic N) is 5. The number of anilines is 2. The fraction of sp³-hybridized carbons (Fsp3) is 0.211. The summed E-state index contributed by atoms with van der Waals surface area (Å²) in [6.07, 6.45) is 1.46. The topological polar surface area (TPSA) is 91.3 Å². The molecule has 0 aliphatic carbocycles. The van der Waals surface area contributed by atoms with Crippen LogP contribution >= 0.6 is 11.3 Å². The van der Waals surface area contributed by atoms with Crippen LogP contribution in [0.2, 0.25) is 0 Å². The van der Waals surface area contributed by atoms with Crippen molar-refractivity contribution in [3.63, 3.8) is 0 Å². The predicted molar refractivity (Wildman–Crippen MR) is 107 cm³/mol. The van der Waals surface area contributed by atoms with Crippen molar-refractivity contribution in [1.82, 2.24) is 20.1 Å². The number of nitrogens with one attached hydrogen (secondary N) is 1. The van der Waals surface area contributed by atoms with Crippen molar-refractivity contribution in [3.05, 3.63) is 64.8 Å². The van der Waals surface area contributed by atoms with Gasteiger partial charge in [0.1, 0.15) is 28.5 Å². The van der Waals surface area contributed by atoms with Crippen LogP contribution in [0.5, 0.6) is 0 Å². The molecule has 2 aromatic heterocycles. The molecule has 8 nitrogen and oxygen atoms in total. The Bertz CT molecular complexity index is 1030. The monoisotopic (exact) mass is 430 g/mol. The van der Waals surface area contributed by atoms with Gasteiger partial charge in [0.2, 0.25) is 5.13 Å². The Morgan fingerprint density at radius 3 is 2.37 bits per heavy atom. The normalized spacial score (nSPS) is 13.9. The van der Waals surface area contributed by atoms with Crippen molar-refractivity contribution in [2.45, 2.75) is 0 Å². The molecule has 1 saturated heterocycles. The number of aromatic nitrogens is 3. The molecule has 0 radical (unpaired) electrons. The first kappa shape index (κ1) is 19.8. The molecule has 154 valence electrons. The third-order valence-electron chi connectivity index (χ3n) is 4.66. The average Bonchev–Trinajstić information content (AvgIpc) is 3.27. The minimum Gasteiger partial charge on any atom is -0.353 e. The van der Waals surface area contributed by atoms with E-state index < -0.39 is 23.1 Å². The van der Waals surface area contributed by atoms with Gasteiger partial charge in [-0.1, -0.05) is 17.4 Å². The van der Waals surface area contributed by atoms with Gasteiger partial charge in [-0.3, -0.25) is 14.9 Å². The van der Waals surface area contributed by atoms with Gasteiger partial charge in [-0.05, 0) is 24.3 Å². The van der Waals surface area contributed by atoms with E-state index in [1.165, 1.54) is 34.0 Å². The predicted octanol–water partition coefficient (Wildman–Crippen LogP) is 2.43. The molecular weight excluding hydrogens is 414 g/mol. The standard InChI is InChI=1S/C19H16F2N6O2S/c20-13-2-1-3-14(21)16(13)18(29)27-8-6-26(7-9-27)15-5-4-12(10-22-15)17(28)24-19-25-23-11-30-19/h1-5,10-11H,6-9H2,(H,24,25,28). The number of rotatable bonds is 4. The van der Waals surface area contributed by atoms with Gasteiger partial charge in [0.05, 0.1) is 5.56 Å². The molecule has 11 heteroatoms. The van der Waals surface area contributed by atoms with Crippen LogP contribution in [-0.2, 0) is 0 Å². The molecule has 0 spiro atoms. The fourth-order valence-corrected chi connectivity index (χ4v) is 3.54. The molecule has 0 bridgehead atoms.